The molecule has 0 aliphatic rings. The molecule has 0 fully saturated rings. The molecule has 0 saturated heterocycles. The molecule has 1 aromatic carbocycles. The van der Waals surface area contributed by atoms with Crippen molar-refractivity contribution in [2.24, 2.45) is 0 Å². The van der Waals surface area contributed by atoms with E-state index < -0.39 is 16.6 Å². The predicted molar refractivity (Wildman–Crippen MR) is 90.5 cm³/mol. The third kappa shape index (κ3) is 6.92. The highest BCUT2D eigenvalue weighted by molar-refractivity contribution is 6.39. The largest absolute Gasteiger partial charge is 0.444 e. The van der Waals surface area contributed by atoms with E-state index in [0.29, 0.717) is 25.2 Å². The molecule has 128 valence electrons. The number of hydrogen-bond donors (Lipinski definition) is 2. The number of hydrogen-bond acceptors (Lipinski definition) is 5. The molecule has 0 saturated carbocycles. The van der Waals surface area contributed by atoms with E-state index >= 15 is 0 Å². The van der Waals surface area contributed by atoms with Gasteiger partial charge < -0.3 is 15.4 Å². The van der Waals surface area contributed by atoms with E-state index in [2.05, 4.69) is 10.6 Å². The minimum atomic E-state index is -0.563. The summed E-state index contributed by atoms with van der Waals surface area (Å²) in [6.45, 7) is 6.24. The topological polar surface area (TPSA) is 93.5 Å². The van der Waals surface area contributed by atoms with E-state index in [1.807, 2.05) is 0 Å². The van der Waals surface area contributed by atoms with Gasteiger partial charge in [-0.3, -0.25) is 10.1 Å². The van der Waals surface area contributed by atoms with Gasteiger partial charge in [0.05, 0.1) is 20.7 Å². The van der Waals surface area contributed by atoms with Crippen molar-refractivity contribution < 1.29 is 14.5 Å². The van der Waals surface area contributed by atoms with Crippen LogP contribution in [0.5, 0.6) is 0 Å². The Morgan fingerprint density at radius 2 is 1.83 bits per heavy atom. The van der Waals surface area contributed by atoms with E-state index in [9.17, 15) is 14.9 Å². The summed E-state index contributed by atoms with van der Waals surface area (Å²) in [4.78, 5) is 21.6. The molecule has 0 aliphatic carbocycles. The van der Waals surface area contributed by atoms with Crippen LogP contribution in [0.15, 0.2) is 12.1 Å². The zero-order valence-electron chi connectivity index (χ0n) is 13.1. The molecule has 1 amide bonds. The summed E-state index contributed by atoms with van der Waals surface area (Å²) in [5.74, 6) is 0. The smallest absolute Gasteiger partial charge is 0.407 e. The second-order valence-electron chi connectivity index (χ2n) is 5.75. The maximum absolute atomic E-state index is 11.4. The molecule has 0 aliphatic heterocycles. The molecule has 0 spiro atoms. The molecule has 7 nitrogen and oxygen atoms in total. The predicted octanol–water partition coefficient (Wildman–Crippen LogP) is 4.23. The van der Waals surface area contributed by atoms with Gasteiger partial charge in [-0.05, 0) is 27.2 Å². The van der Waals surface area contributed by atoms with Gasteiger partial charge in [-0.1, -0.05) is 23.2 Å². The van der Waals surface area contributed by atoms with Gasteiger partial charge in [0.15, 0.2) is 0 Å². The van der Waals surface area contributed by atoms with Crippen molar-refractivity contribution >= 4 is 40.7 Å². The maximum Gasteiger partial charge on any atom is 0.407 e. The summed E-state index contributed by atoms with van der Waals surface area (Å²) in [5.41, 5.74) is -0.282. The van der Waals surface area contributed by atoms with Crippen LogP contribution in [0.25, 0.3) is 0 Å². The van der Waals surface area contributed by atoms with Crippen molar-refractivity contribution in [1.29, 1.82) is 0 Å². The van der Waals surface area contributed by atoms with E-state index in [4.69, 9.17) is 27.9 Å². The molecular weight excluding hydrogens is 345 g/mol. The molecule has 0 unspecified atom stereocenters. The number of benzene rings is 1. The highest BCUT2D eigenvalue weighted by Crippen LogP contribution is 2.34. The fourth-order valence-electron chi connectivity index (χ4n) is 1.64. The Hall–Kier alpha value is -1.73. The van der Waals surface area contributed by atoms with Crippen molar-refractivity contribution in [1.82, 2.24) is 5.32 Å². The maximum atomic E-state index is 11.4. The number of alkyl carbamates (subject to hydrolysis) is 1. The number of carbonyl (C=O) groups excluding carboxylic acids is 1. The van der Waals surface area contributed by atoms with E-state index in [0.717, 1.165) is 0 Å². The number of nitrogens with zero attached hydrogens (tertiary/aromatic N) is 1. The molecule has 0 atom stereocenters. The molecule has 0 heterocycles. The molecule has 1 aromatic rings. The lowest BCUT2D eigenvalue weighted by Crippen LogP contribution is -2.33. The van der Waals surface area contributed by atoms with Gasteiger partial charge >= 0.3 is 6.09 Å². The second-order valence-corrected chi connectivity index (χ2v) is 6.56. The highest BCUT2D eigenvalue weighted by Gasteiger charge is 2.16. The lowest BCUT2D eigenvalue weighted by molar-refractivity contribution is -0.384. The zero-order valence-corrected chi connectivity index (χ0v) is 14.6. The minimum absolute atomic E-state index is 0.169. The number of rotatable bonds is 6. The molecular formula is C14H19Cl2N3O4. The van der Waals surface area contributed by atoms with Gasteiger partial charge in [0, 0.05) is 25.2 Å². The lowest BCUT2D eigenvalue weighted by Gasteiger charge is -2.19. The SMILES string of the molecule is CC(C)(C)OC(=O)NCCCNc1c(Cl)cc([N+](=O)[O-])cc1Cl. The van der Waals surface area contributed by atoms with E-state index in [1.165, 1.54) is 12.1 Å². The van der Waals surface area contributed by atoms with Gasteiger partial charge in [-0.2, -0.15) is 0 Å². The van der Waals surface area contributed by atoms with Crippen LogP contribution < -0.4 is 10.6 Å². The first-order chi connectivity index (χ1) is 10.6. The van der Waals surface area contributed by atoms with Crippen LogP contribution in [0, 0.1) is 10.1 Å². The fraction of sp³-hybridized carbons (Fsp3) is 0.500. The van der Waals surface area contributed by atoms with Crippen molar-refractivity contribution in [2.75, 3.05) is 18.4 Å². The van der Waals surface area contributed by atoms with Gasteiger partial charge in [0.1, 0.15) is 5.60 Å². The molecule has 0 bridgehead atoms. The third-order valence-corrected chi connectivity index (χ3v) is 3.16. The number of amides is 1. The second kappa shape index (κ2) is 8.21. The van der Waals surface area contributed by atoms with Gasteiger partial charge in [-0.25, -0.2) is 4.79 Å². The summed E-state index contributed by atoms with van der Waals surface area (Å²) in [7, 11) is 0. The van der Waals surface area contributed by atoms with Crippen molar-refractivity contribution in [3.63, 3.8) is 0 Å². The number of ether oxygens (including phenoxy) is 1. The molecule has 9 heteroatoms. The number of nitro groups is 1. The molecule has 0 radical (unpaired) electrons. The number of nitro benzene ring substituents is 1. The Balaban J connectivity index is 2.42. The molecule has 0 aromatic heterocycles. The first-order valence-electron chi connectivity index (χ1n) is 6.94. The van der Waals surface area contributed by atoms with Crippen molar-refractivity contribution in [2.45, 2.75) is 32.8 Å². The van der Waals surface area contributed by atoms with Crippen LogP contribution in [0.2, 0.25) is 10.0 Å². The van der Waals surface area contributed by atoms with Crippen molar-refractivity contribution in [3.05, 3.63) is 32.3 Å². The van der Waals surface area contributed by atoms with Gasteiger partial charge in [0.25, 0.3) is 5.69 Å². The summed E-state index contributed by atoms with van der Waals surface area (Å²) in [6.07, 6.45) is 0.118. The zero-order chi connectivity index (χ0) is 17.6. The summed E-state index contributed by atoms with van der Waals surface area (Å²) >= 11 is 11.9. The number of nitrogens with one attached hydrogen (secondary N) is 2. The van der Waals surface area contributed by atoms with Crippen LogP contribution in [0.3, 0.4) is 0 Å². The Kier molecular flexibility index (Phi) is 6.90. The van der Waals surface area contributed by atoms with Gasteiger partial charge in [-0.15, -0.1) is 0 Å². The molecule has 2 N–H and O–H groups in total. The minimum Gasteiger partial charge on any atom is -0.444 e. The van der Waals surface area contributed by atoms with Crippen molar-refractivity contribution in [3.8, 4) is 0 Å². The van der Waals surface area contributed by atoms with Gasteiger partial charge in [0.2, 0.25) is 0 Å². The standard InChI is InChI=1S/C14H19Cl2N3O4/c1-14(2,3)23-13(20)18-6-4-5-17-12-10(15)7-9(19(21)22)8-11(12)16/h7-8,17H,4-6H2,1-3H3,(H,18,20). The van der Waals surface area contributed by atoms with E-state index in [-0.39, 0.29) is 15.7 Å². The first-order valence-corrected chi connectivity index (χ1v) is 7.70. The number of non-ortho nitro benzene ring substituents is 1. The van der Waals surface area contributed by atoms with E-state index in [1.54, 1.807) is 20.8 Å². The first kappa shape index (κ1) is 19.3. The monoisotopic (exact) mass is 363 g/mol. The average molecular weight is 364 g/mol. The fourth-order valence-corrected chi connectivity index (χ4v) is 2.25. The average Bonchev–Trinajstić information content (AvgIpc) is 2.38. The van der Waals surface area contributed by atoms with Crippen LogP contribution in [-0.2, 0) is 4.74 Å². The quantitative estimate of drug-likeness (QED) is 0.448. The number of carbonyl (C=O) groups is 1. The Labute approximate surface area is 144 Å². The Morgan fingerprint density at radius 3 is 2.30 bits per heavy atom. The summed E-state index contributed by atoms with van der Waals surface area (Å²) < 4.78 is 5.10. The normalized spacial score (nSPS) is 11.0. The number of anilines is 1. The van der Waals surface area contributed by atoms with Crippen LogP contribution in [0.1, 0.15) is 27.2 Å². The Bertz CT molecular complexity index is 565. The number of halogens is 2. The molecule has 23 heavy (non-hydrogen) atoms. The van der Waals surface area contributed by atoms with Crippen LogP contribution in [0.4, 0.5) is 16.2 Å². The highest BCUT2D eigenvalue weighted by atomic mass is 35.5. The molecule has 1 rings (SSSR count). The van der Waals surface area contributed by atoms with Crippen LogP contribution in [-0.4, -0.2) is 29.7 Å². The summed E-state index contributed by atoms with van der Waals surface area (Å²) in [6, 6.07) is 2.46. The summed E-state index contributed by atoms with van der Waals surface area (Å²) in [5, 5.41) is 16.6. The van der Waals surface area contributed by atoms with Crippen LogP contribution >= 0.6 is 23.2 Å². The lowest BCUT2D eigenvalue weighted by atomic mass is 10.2. The Morgan fingerprint density at radius 1 is 1.26 bits per heavy atom. The third-order valence-electron chi connectivity index (χ3n) is 2.56.